The summed E-state index contributed by atoms with van der Waals surface area (Å²) < 4.78 is 0. The van der Waals surface area contributed by atoms with Gasteiger partial charge in [0.2, 0.25) is 5.91 Å². The number of nitrogens with zero attached hydrogens (tertiary/aromatic N) is 2. The highest BCUT2D eigenvalue weighted by Gasteiger charge is 2.25. The third-order valence-corrected chi connectivity index (χ3v) is 4.19. The van der Waals surface area contributed by atoms with Gasteiger partial charge in [-0.15, -0.1) is 0 Å². The van der Waals surface area contributed by atoms with Crippen LogP contribution in [-0.2, 0) is 4.79 Å². The van der Waals surface area contributed by atoms with Crippen molar-refractivity contribution in [1.29, 1.82) is 0 Å². The van der Waals surface area contributed by atoms with Gasteiger partial charge in [-0.2, -0.15) is 0 Å². The lowest BCUT2D eigenvalue weighted by Crippen LogP contribution is -2.38. The fourth-order valence-electron chi connectivity index (χ4n) is 2.28. The largest absolute Gasteiger partial charge is 0.329 e. The minimum Gasteiger partial charge on any atom is -0.329 e. The zero-order valence-corrected chi connectivity index (χ0v) is 15.3. The molecule has 0 unspecified atom stereocenters. The molecule has 0 saturated carbocycles. The highest BCUT2D eigenvalue weighted by Crippen LogP contribution is 2.29. The Labute approximate surface area is 159 Å². The molecule has 0 aliphatic heterocycles. The third kappa shape index (κ3) is 4.50. The van der Waals surface area contributed by atoms with Gasteiger partial charge in [0, 0.05) is 12.6 Å². The van der Waals surface area contributed by atoms with Gasteiger partial charge < -0.3 is 10.2 Å². The molecule has 0 radical (unpaired) electrons. The number of hydrogen-bond acceptors (Lipinski definition) is 4. The van der Waals surface area contributed by atoms with Crippen LogP contribution in [0.3, 0.4) is 0 Å². The van der Waals surface area contributed by atoms with Crippen LogP contribution < -0.4 is 5.32 Å². The Kier molecular flexibility index (Phi) is 6.54. The van der Waals surface area contributed by atoms with Crippen molar-refractivity contribution in [2.24, 2.45) is 0 Å². The van der Waals surface area contributed by atoms with E-state index in [1.165, 1.54) is 29.2 Å². The zero-order valence-electron chi connectivity index (χ0n) is 13.7. The smallest absolute Gasteiger partial charge is 0.282 e. The van der Waals surface area contributed by atoms with Gasteiger partial charge in [0.1, 0.15) is 12.1 Å². The molecule has 0 fully saturated rings. The number of anilines is 1. The molecule has 0 aromatic heterocycles. The average Bonchev–Trinajstić information content (AvgIpc) is 2.62. The zero-order chi connectivity index (χ0) is 19.3. The molecule has 7 nitrogen and oxygen atoms in total. The lowest BCUT2D eigenvalue weighted by atomic mass is 10.1. The Bertz CT molecular complexity index is 837. The van der Waals surface area contributed by atoms with Crippen LogP contribution in [0, 0.1) is 10.1 Å². The highest BCUT2D eigenvalue weighted by atomic mass is 35.5. The summed E-state index contributed by atoms with van der Waals surface area (Å²) in [6, 6.07) is 10.4. The number of nitrogens with one attached hydrogen (secondary N) is 1. The predicted molar refractivity (Wildman–Crippen MR) is 99.8 cm³/mol. The van der Waals surface area contributed by atoms with E-state index in [0.717, 1.165) is 0 Å². The minimum atomic E-state index is -0.634. The van der Waals surface area contributed by atoms with Gasteiger partial charge in [-0.05, 0) is 25.1 Å². The van der Waals surface area contributed by atoms with Crippen molar-refractivity contribution in [2.75, 3.05) is 18.4 Å². The van der Waals surface area contributed by atoms with E-state index in [0.29, 0.717) is 0 Å². The quantitative estimate of drug-likeness (QED) is 0.590. The molecule has 136 valence electrons. The van der Waals surface area contributed by atoms with Crippen LogP contribution in [0.2, 0.25) is 10.0 Å². The number of rotatable bonds is 6. The van der Waals surface area contributed by atoms with Crippen LogP contribution in [0.5, 0.6) is 0 Å². The number of hydrogen-bond donors (Lipinski definition) is 1. The molecule has 2 aromatic rings. The molecule has 0 spiro atoms. The maximum absolute atomic E-state index is 12.6. The first-order chi connectivity index (χ1) is 12.3. The molecule has 2 amide bonds. The number of para-hydroxylation sites is 2. The van der Waals surface area contributed by atoms with Gasteiger partial charge in [0.15, 0.2) is 0 Å². The Balaban J connectivity index is 2.18. The van der Waals surface area contributed by atoms with Gasteiger partial charge in [0.25, 0.3) is 11.6 Å². The van der Waals surface area contributed by atoms with Crippen molar-refractivity contribution < 1.29 is 14.5 Å². The predicted octanol–water partition coefficient (Wildman–Crippen LogP) is 4.00. The first-order valence-corrected chi connectivity index (χ1v) is 8.37. The minimum absolute atomic E-state index is 0.0806. The van der Waals surface area contributed by atoms with Crippen molar-refractivity contribution in [3.8, 4) is 0 Å². The second-order valence-corrected chi connectivity index (χ2v) is 6.05. The van der Waals surface area contributed by atoms with Crippen LogP contribution in [0.15, 0.2) is 42.5 Å². The number of carbonyl (C=O) groups excluding carboxylic acids is 2. The molecule has 1 N–H and O–H groups in total. The Morgan fingerprint density at radius 2 is 1.73 bits per heavy atom. The highest BCUT2D eigenvalue weighted by molar-refractivity contribution is 6.39. The number of benzene rings is 2. The van der Waals surface area contributed by atoms with E-state index in [9.17, 15) is 19.7 Å². The summed E-state index contributed by atoms with van der Waals surface area (Å²) in [6.45, 7) is 1.56. The summed E-state index contributed by atoms with van der Waals surface area (Å²) in [6.07, 6.45) is 0. The van der Waals surface area contributed by atoms with Crippen molar-refractivity contribution in [2.45, 2.75) is 6.92 Å². The molecule has 0 aliphatic rings. The molecule has 0 heterocycles. The molecular weight excluding hydrogens is 381 g/mol. The maximum Gasteiger partial charge on any atom is 0.282 e. The number of carbonyl (C=O) groups is 2. The summed E-state index contributed by atoms with van der Waals surface area (Å²) in [5, 5.41) is 14.2. The summed E-state index contributed by atoms with van der Waals surface area (Å²) >= 11 is 12.0. The molecule has 0 bridgehead atoms. The fraction of sp³-hybridized carbons (Fsp3) is 0.176. The van der Waals surface area contributed by atoms with Gasteiger partial charge in [0.05, 0.1) is 20.7 Å². The maximum atomic E-state index is 12.6. The molecule has 9 heteroatoms. The van der Waals surface area contributed by atoms with E-state index in [1.54, 1.807) is 25.1 Å². The Morgan fingerprint density at radius 3 is 2.31 bits per heavy atom. The lowest BCUT2D eigenvalue weighted by Gasteiger charge is -2.20. The fourth-order valence-corrected chi connectivity index (χ4v) is 2.77. The third-order valence-electron chi connectivity index (χ3n) is 3.56. The van der Waals surface area contributed by atoms with Crippen molar-refractivity contribution in [3.63, 3.8) is 0 Å². The SMILES string of the molecule is CCN(CC(=O)Nc1c(Cl)cccc1Cl)C(=O)c1ccccc1[N+](=O)[O-]. The molecule has 26 heavy (non-hydrogen) atoms. The van der Waals surface area contributed by atoms with Crippen molar-refractivity contribution in [1.82, 2.24) is 4.90 Å². The molecule has 0 saturated heterocycles. The number of amides is 2. The van der Waals surface area contributed by atoms with Gasteiger partial charge in [-0.1, -0.05) is 41.4 Å². The van der Waals surface area contributed by atoms with Crippen LogP contribution in [0.25, 0.3) is 0 Å². The van der Waals surface area contributed by atoms with Crippen LogP contribution >= 0.6 is 23.2 Å². The molecule has 2 aromatic carbocycles. The number of halogens is 2. The van der Waals surface area contributed by atoms with E-state index in [1.807, 2.05) is 0 Å². The van der Waals surface area contributed by atoms with Crippen LogP contribution in [0.4, 0.5) is 11.4 Å². The van der Waals surface area contributed by atoms with E-state index in [2.05, 4.69) is 5.32 Å². The van der Waals surface area contributed by atoms with Crippen LogP contribution in [0.1, 0.15) is 17.3 Å². The molecular formula is C17H15Cl2N3O4. The number of nitro benzene ring substituents is 1. The molecule has 0 aliphatic carbocycles. The van der Waals surface area contributed by atoms with E-state index in [-0.39, 0.29) is 40.1 Å². The van der Waals surface area contributed by atoms with E-state index >= 15 is 0 Å². The first-order valence-electron chi connectivity index (χ1n) is 7.61. The second kappa shape index (κ2) is 8.64. The topological polar surface area (TPSA) is 92.6 Å². The summed E-state index contributed by atoms with van der Waals surface area (Å²) in [5.74, 6) is -1.13. The van der Waals surface area contributed by atoms with Gasteiger partial charge in [-0.3, -0.25) is 19.7 Å². The van der Waals surface area contributed by atoms with Crippen molar-refractivity contribution >= 4 is 46.4 Å². The second-order valence-electron chi connectivity index (χ2n) is 5.24. The van der Waals surface area contributed by atoms with Crippen LogP contribution in [-0.4, -0.2) is 34.7 Å². The molecule has 2 rings (SSSR count). The van der Waals surface area contributed by atoms with Gasteiger partial charge >= 0.3 is 0 Å². The average molecular weight is 396 g/mol. The van der Waals surface area contributed by atoms with E-state index < -0.39 is 16.7 Å². The Morgan fingerprint density at radius 1 is 1.12 bits per heavy atom. The lowest BCUT2D eigenvalue weighted by molar-refractivity contribution is -0.385. The Hall–Kier alpha value is -2.64. The monoisotopic (exact) mass is 395 g/mol. The summed E-state index contributed by atoms with van der Waals surface area (Å²) in [7, 11) is 0. The number of nitro groups is 1. The summed E-state index contributed by atoms with van der Waals surface area (Å²) in [4.78, 5) is 36.6. The van der Waals surface area contributed by atoms with E-state index in [4.69, 9.17) is 23.2 Å². The summed E-state index contributed by atoms with van der Waals surface area (Å²) in [5.41, 5.74) is -0.150. The standard InChI is InChI=1S/C17H15Cl2N3O4/c1-2-21(17(24)11-6-3-4-9-14(11)22(25)26)10-15(23)20-16-12(18)7-5-8-13(16)19/h3-9H,2,10H2,1H3,(H,20,23). The van der Waals surface area contributed by atoms with Gasteiger partial charge in [-0.25, -0.2) is 0 Å². The number of likely N-dealkylation sites (N-methyl/N-ethyl adjacent to an activating group) is 1. The molecule has 0 atom stereocenters. The van der Waals surface area contributed by atoms with Crippen molar-refractivity contribution in [3.05, 3.63) is 68.2 Å². The first kappa shape index (κ1) is 19.7. The normalized spacial score (nSPS) is 10.3.